The van der Waals surface area contributed by atoms with Crippen LogP contribution in [-0.4, -0.2) is 12.6 Å². The van der Waals surface area contributed by atoms with Crippen LogP contribution in [0.2, 0.25) is 5.02 Å². The van der Waals surface area contributed by atoms with E-state index in [1.165, 1.54) is 6.08 Å². The largest absolute Gasteiger partial charge is 0.457 e. The Balaban J connectivity index is 2.08. The maximum absolute atomic E-state index is 12.2. The number of hydrogen-bond donors (Lipinski definition) is 1. The highest BCUT2D eigenvalue weighted by Crippen LogP contribution is 2.30. The molecule has 4 rings (SSSR count). The Bertz CT molecular complexity index is 717. The summed E-state index contributed by atoms with van der Waals surface area (Å²) >= 11 is 6.16. The summed E-state index contributed by atoms with van der Waals surface area (Å²) in [5.74, 6) is 0.917. The molecule has 0 saturated heterocycles. The van der Waals surface area contributed by atoms with E-state index in [0.717, 1.165) is 0 Å². The van der Waals surface area contributed by atoms with E-state index in [9.17, 15) is 4.79 Å². The molecule has 0 radical (unpaired) electrons. The minimum absolute atomic E-state index is 0.000186. The molecule has 2 aromatic carbocycles. The van der Waals surface area contributed by atoms with Gasteiger partial charge in [-0.15, -0.1) is 0 Å². The summed E-state index contributed by atoms with van der Waals surface area (Å²) < 4.78 is 10.9. The van der Waals surface area contributed by atoms with Gasteiger partial charge in [-0.3, -0.25) is 4.79 Å². The van der Waals surface area contributed by atoms with Crippen LogP contribution in [0.25, 0.3) is 6.08 Å². The molecule has 0 spiro atoms. The number of rotatable bonds is 0. The molecule has 106 valence electrons. The average Bonchev–Trinajstić information content (AvgIpc) is 2.46. The number of allylic oxidation sites excluding steroid dienone is 1. The Kier molecular flexibility index (Phi) is 3.54. The van der Waals surface area contributed by atoms with Crippen LogP contribution in [0.15, 0.2) is 42.5 Å². The van der Waals surface area contributed by atoms with E-state index in [1.807, 2.05) is 0 Å². The zero-order valence-corrected chi connectivity index (χ0v) is 11.8. The van der Waals surface area contributed by atoms with Gasteiger partial charge in [0.25, 0.3) is 0 Å². The quantitative estimate of drug-likeness (QED) is 0.756. The number of hydrogen-bond acceptors (Lipinski definition) is 4. The van der Waals surface area contributed by atoms with Crippen LogP contribution in [0.1, 0.15) is 15.9 Å². The van der Waals surface area contributed by atoms with Crippen molar-refractivity contribution in [3.05, 3.63) is 58.6 Å². The number of ether oxygens (including phenoxy) is 2. The fraction of sp³-hybridized carbons (Fsp3) is 0.0625. The predicted octanol–water partition coefficient (Wildman–Crippen LogP) is 3.55. The molecule has 5 heteroatoms. The second-order valence-electron chi connectivity index (χ2n) is 4.54. The number of halogens is 1. The highest BCUT2D eigenvalue weighted by atomic mass is 35.5. The van der Waals surface area contributed by atoms with Gasteiger partial charge in [-0.05, 0) is 30.4 Å². The van der Waals surface area contributed by atoms with Crippen LogP contribution in [0.3, 0.4) is 0 Å². The summed E-state index contributed by atoms with van der Waals surface area (Å²) in [6.45, 7) is 0.000186. The molecule has 2 N–H and O–H groups in total. The Morgan fingerprint density at radius 1 is 1.05 bits per heavy atom. The third kappa shape index (κ3) is 2.85. The molecule has 0 aliphatic carbocycles. The van der Waals surface area contributed by atoms with Crippen molar-refractivity contribution in [2.75, 3.05) is 12.5 Å². The second-order valence-corrected chi connectivity index (χ2v) is 4.95. The number of benzene rings is 2. The van der Waals surface area contributed by atoms with Crippen molar-refractivity contribution in [3.63, 3.8) is 0 Å². The third-order valence-corrected chi connectivity index (χ3v) is 3.42. The minimum Gasteiger partial charge on any atom is -0.457 e. The minimum atomic E-state index is -0.153. The Morgan fingerprint density at radius 2 is 1.86 bits per heavy atom. The normalized spacial score (nSPS) is 13.7. The maximum Gasteiger partial charge on any atom is 0.230 e. The van der Waals surface area contributed by atoms with Gasteiger partial charge in [0, 0.05) is 22.9 Å². The van der Waals surface area contributed by atoms with Crippen molar-refractivity contribution in [1.82, 2.24) is 0 Å². The maximum atomic E-state index is 12.2. The van der Waals surface area contributed by atoms with Gasteiger partial charge < -0.3 is 15.2 Å². The van der Waals surface area contributed by atoms with E-state index < -0.39 is 0 Å². The summed E-state index contributed by atoms with van der Waals surface area (Å²) in [5.41, 5.74) is 7.49. The van der Waals surface area contributed by atoms with Gasteiger partial charge in [-0.2, -0.15) is 0 Å². The molecule has 0 saturated carbocycles. The van der Waals surface area contributed by atoms with Crippen LogP contribution in [0.5, 0.6) is 11.5 Å². The molecule has 4 nitrogen and oxygen atoms in total. The van der Waals surface area contributed by atoms with E-state index in [-0.39, 0.29) is 12.6 Å². The summed E-state index contributed by atoms with van der Waals surface area (Å²) in [6, 6.07) is 10.2. The molecule has 0 atom stereocenters. The van der Waals surface area contributed by atoms with E-state index >= 15 is 0 Å². The topological polar surface area (TPSA) is 61.6 Å². The van der Waals surface area contributed by atoms with Gasteiger partial charge in [0.2, 0.25) is 6.79 Å². The molecule has 2 aliphatic rings. The van der Waals surface area contributed by atoms with Crippen molar-refractivity contribution >= 4 is 29.1 Å². The molecular formula is C16H12ClNO3. The first-order valence-electron chi connectivity index (χ1n) is 6.30. The Hall–Kier alpha value is -2.46. The molecule has 0 aromatic heterocycles. The van der Waals surface area contributed by atoms with E-state index in [0.29, 0.717) is 33.3 Å². The fourth-order valence-electron chi connectivity index (χ4n) is 2.03. The molecule has 21 heavy (non-hydrogen) atoms. The number of nitrogen functional groups attached to an aromatic ring is 1. The first-order chi connectivity index (χ1) is 10.1. The average molecular weight is 302 g/mol. The van der Waals surface area contributed by atoms with Gasteiger partial charge in [-0.1, -0.05) is 23.7 Å². The van der Waals surface area contributed by atoms with Crippen molar-refractivity contribution in [1.29, 1.82) is 0 Å². The predicted molar refractivity (Wildman–Crippen MR) is 81.8 cm³/mol. The van der Waals surface area contributed by atoms with Gasteiger partial charge >= 0.3 is 0 Å². The van der Waals surface area contributed by atoms with Crippen molar-refractivity contribution in [3.8, 4) is 11.5 Å². The summed E-state index contributed by atoms with van der Waals surface area (Å²) in [7, 11) is 0. The molecule has 2 aliphatic heterocycles. The number of carbonyl (C=O) groups excluding carboxylic acids is 1. The lowest BCUT2D eigenvalue weighted by molar-refractivity contribution is 0.104. The van der Waals surface area contributed by atoms with Crippen LogP contribution in [-0.2, 0) is 0 Å². The molecule has 0 unspecified atom stereocenters. The number of carbonyl (C=O) groups is 1. The number of nitrogens with two attached hydrogens (primary N) is 1. The van der Waals surface area contributed by atoms with Crippen molar-refractivity contribution in [2.24, 2.45) is 0 Å². The van der Waals surface area contributed by atoms with E-state index in [2.05, 4.69) is 0 Å². The first kappa shape index (κ1) is 13.5. The second kappa shape index (κ2) is 5.50. The fourth-order valence-corrected chi connectivity index (χ4v) is 2.31. The van der Waals surface area contributed by atoms with Gasteiger partial charge in [0.15, 0.2) is 5.78 Å². The number of anilines is 1. The first-order valence-corrected chi connectivity index (χ1v) is 6.68. The molecule has 0 fully saturated rings. The zero-order valence-electron chi connectivity index (χ0n) is 11.0. The van der Waals surface area contributed by atoms with E-state index in [4.69, 9.17) is 26.8 Å². The van der Waals surface area contributed by atoms with Gasteiger partial charge in [-0.25, -0.2) is 0 Å². The third-order valence-electron chi connectivity index (χ3n) is 3.11. The molecule has 2 heterocycles. The van der Waals surface area contributed by atoms with Crippen LogP contribution >= 0.6 is 11.6 Å². The SMILES string of the molecule is Nc1cc2cc(Cl)c1C=CC(=O)c1cccc(c1)OCO2. The Labute approximate surface area is 126 Å². The summed E-state index contributed by atoms with van der Waals surface area (Å²) in [5, 5.41) is 0.417. The Morgan fingerprint density at radius 3 is 2.67 bits per heavy atom. The van der Waals surface area contributed by atoms with Crippen LogP contribution in [0.4, 0.5) is 5.69 Å². The van der Waals surface area contributed by atoms with Gasteiger partial charge in [0.1, 0.15) is 11.5 Å². The lowest BCUT2D eigenvalue weighted by Crippen LogP contribution is -2.06. The monoisotopic (exact) mass is 301 g/mol. The van der Waals surface area contributed by atoms with Crippen molar-refractivity contribution < 1.29 is 14.3 Å². The van der Waals surface area contributed by atoms with E-state index in [1.54, 1.807) is 42.5 Å². The summed E-state index contributed by atoms with van der Waals surface area (Å²) in [6.07, 6.45) is 3.05. The van der Waals surface area contributed by atoms with Crippen LogP contribution in [0, 0.1) is 0 Å². The molecule has 0 amide bonds. The highest BCUT2D eigenvalue weighted by Gasteiger charge is 2.10. The van der Waals surface area contributed by atoms with Crippen molar-refractivity contribution in [2.45, 2.75) is 0 Å². The smallest absolute Gasteiger partial charge is 0.230 e. The zero-order chi connectivity index (χ0) is 14.8. The standard InChI is InChI=1S/C16H12ClNO3/c17-14-7-12-8-15(18)13(14)4-5-16(19)10-2-1-3-11(6-10)20-9-21-12/h1-8H,9,18H2. The van der Waals surface area contributed by atoms with Crippen LogP contribution < -0.4 is 15.2 Å². The highest BCUT2D eigenvalue weighted by molar-refractivity contribution is 6.32. The summed E-state index contributed by atoms with van der Waals surface area (Å²) in [4.78, 5) is 12.2. The van der Waals surface area contributed by atoms with Gasteiger partial charge in [0.05, 0.1) is 5.02 Å². The number of ketones is 1. The lowest BCUT2D eigenvalue weighted by atomic mass is 10.1. The molecule has 4 bridgehead atoms. The molecular weight excluding hydrogens is 290 g/mol. The lowest BCUT2D eigenvalue weighted by Gasteiger charge is -2.11. The molecule has 2 aromatic rings. The number of fused-ring (bicyclic) bond motifs is 5.